The number of fused-ring (bicyclic) bond motifs is 1. The van der Waals surface area contributed by atoms with Crippen LogP contribution in [0.5, 0.6) is 0 Å². The van der Waals surface area contributed by atoms with Crippen LogP contribution in [0.4, 0.5) is 5.69 Å². The van der Waals surface area contributed by atoms with Gasteiger partial charge < -0.3 is 5.32 Å². The number of hydrogen-bond acceptors (Lipinski definition) is 1. The Balaban J connectivity index is 2.34. The number of amides is 1. The summed E-state index contributed by atoms with van der Waals surface area (Å²) in [5.74, 6) is 1.03. The number of benzene rings is 1. The first-order valence-corrected chi connectivity index (χ1v) is 6.03. The molecular formula is C13H16ClNO. The summed E-state index contributed by atoms with van der Waals surface area (Å²) in [6, 6.07) is 5.76. The summed E-state index contributed by atoms with van der Waals surface area (Å²) >= 11 is 5.93. The van der Waals surface area contributed by atoms with E-state index in [1.165, 1.54) is 5.56 Å². The van der Waals surface area contributed by atoms with E-state index < -0.39 is 0 Å². The molecule has 1 aromatic carbocycles. The first-order chi connectivity index (χ1) is 7.56. The molecule has 2 nitrogen and oxygen atoms in total. The molecule has 0 saturated carbocycles. The Kier molecular flexibility index (Phi) is 3.20. The van der Waals surface area contributed by atoms with Crippen LogP contribution in [-0.2, 0) is 4.79 Å². The lowest BCUT2D eigenvalue weighted by Gasteiger charge is -2.26. The van der Waals surface area contributed by atoms with Gasteiger partial charge in [-0.15, -0.1) is 0 Å². The first kappa shape index (κ1) is 11.5. The van der Waals surface area contributed by atoms with Crippen molar-refractivity contribution >= 4 is 23.2 Å². The van der Waals surface area contributed by atoms with Crippen molar-refractivity contribution in [3.05, 3.63) is 28.8 Å². The van der Waals surface area contributed by atoms with Crippen molar-refractivity contribution < 1.29 is 4.79 Å². The minimum Gasteiger partial charge on any atom is -0.326 e. The van der Waals surface area contributed by atoms with Crippen LogP contribution in [0, 0.1) is 5.92 Å². The van der Waals surface area contributed by atoms with E-state index in [1.807, 2.05) is 18.2 Å². The van der Waals surface area contributed by atoms with Gasteiger partial charge in [-0.3, -0.25) is 4.79 Å². The molecule has 0 fully saturated rings. The number of halogens is 1. The summed E-state index contributed by atoms with van der Waals surface area (Å²) in [7, 11) is 0. The Morgan fingerprint density at radius 3 is 2.94 bits per heavy atom. The van der Waals surface area contributed by atoms with Gasteiger partial charge in [0.05, 0.1) is 0 Å². The average molecular weight is 238 g/mol. The number of carbonyl (C=O) groups excluding carboxylic acids is 1. The molecule has 3 heteroatoms. The van der Waals surface area contributed by atoms with Gasteiger partial charge in [0.1, 0.15) is 0 Å². The highest BCUT2D eigenvalue weighted by molar-refractivity contribution is 6.31. The Morgan fingerprint density at radius 1 is 1.50 bits per heavy atom. The number of nitrogens with one attached hydrogen (secondary N) is 1. The lowest BCUT2D eigenvalue weighted by Crippen LogP contribution is -2.23. The Bertz CT molecular complexity index is 414. The topological polar surface area (TPSA) is 29.1 Å². The fourth-order valence-corrected chi connectivity index (χ4v) is 2.48. The maximum absolute atomic E-state index is 11.6. The highest BCUT2D eigenvalue weighted by Gasteiger charge is 2.25. The van der Waals surface area contributed by atoms with Crippen molar-refractivity contribution in [3.8, 4) is 0 Å². The molecule has 16 heavy (non-hydrogen) atoms. The van der Waals surface area contributed by atoms with Crippen LogP contribution in [-0.4, -0.2) is 5.91 Å². The average Bonchev–Trinajstić information content (AvgIpc) is 2.15. The van der Waals surface area contributed by atoms with Crippen molar-refractivity contribution in [2.24, 2.45) is 5.92 Å². The van der Waals surface area contributed by atoms with Crippen LogP contribution >= 0.6 is 11.6 Å². The van der Waals surface area contributed by atoms with E-state index in [0.717, 1.165) is 12.1 Å². The molecule has 86 valence electrons. The maximum Gasteiger partial charge on any atom is 0.224 e. The van der Waals surface area contributed by atoms with Gasteiger partial charge in [-0.2, -0.15) is 0 Å². The fraction of sp³-hybridized carbons (Fsp3) is 0.462. The molecule has 1 unspecified atom stereocenters. The lowest BCUT2D eigenvalue weighted by molar-refractivity contribution is -0.116. The zero-order chi connectivity index (χ0) is 11.7. The minimum atomic E-state index is 0.0976. The maximum atomic E-state index is 11.6. The second-order valence-electron chi connectivity index (χ2n) is 4.81. The van der Waals surface area contributed by atoms with Crippen LogP contribution < -0.4 is 5.32 Å². The summed E-state index contributed by atoms with van der Waals surface area (Å²) < 4.78 is 0. The van der Waals surface area contributed by atoms with E-state index in [1.54, 1.807) is 0 Å². The van der Waals surface area contributed by atoms with Crippen molar-refractivity contribution in [2.45, 2.75) is 32.6 Å². The number of carbonyl (C=O) groups is 1. The van der Waals surface area contributed by atoms with Gasteiger partial charge in [0, 0.05) is 17.1 Å². The third-order valence-electron chi connectivity index (χ3n) is 2.92. The van der Waals surface area contributed by atoms with Crippen molar-refractivity contribution in [1.29, 1.82) is 0 Å². The summed E-state index contributed by atoms with van der Waals surface area (Å²) in [5, 5.41) is 3.55. The third-order valence-corrected chi connectivity index (χ3v) is 3.15. The molecule has 1 N–H and O–H groups in total. The van der Waals surface area contributed by atoms with E-state index in [2.05, 4.69) is 19.2 Å². The zero-order valence-electron chi connectivity index (χ0n) is 9.59. The summed E-state index contributed by atoms with van der Waals surface area (Å²) in [5.41, 5.74) is 2.10. The number of anilines is 1. The molecule has 0 spiro atoms. The molecule has 1 aliphatic heterocycles. The summed E-state index contributed by atoms with van der Waals surface area (Å²) in [6.45, 7) is 4.37. The van der Waals surface area contributed by atoms with Crippen molar-refractivity contribution in [2.75, 3.05) is 5.32 Å². The van der Waals surface area contributed by atoms with E-state index in [4.69, 9.17) is 11.6 Å². The Hall–Kier alpha value is -1.02. The smallest absolute Gasteiger partial charge is 0.224 e. The monoisotopic (exact) mass is 237 g/mol. The van der Waals surface area contributed by atoms with Gasteiger partial charge in [0.2, 0.25) is 5.91 Å². The highest BCUT2D eigenvalue weighted by atomic mass is 35.5. The predicted octanol–water partition coefficient (Wildman–Crippen LogP) is 3.81. The summed E-state index contributed by atoms with van der Waals surface area (Å²) in [6.07, 6.45) is 1.63. The fourth-order valence-electron chi connectivity index (χ4n) is 2.31. The van der Waals surface area contributed by atoms with Crippen LogP contribution in [0.2, 0.25) is 5.02 Å². The second kappa shape index (κ2) is 4.46. The van der Waals surface area contributed by atoms with E-state index >= 15 is 0 Å². The third kappa shape index (κ3) is 2.38. The molecule has 1 atom stereocenters. The van der Waals surface area contributed by atoms with Gasteiger partial charge in [-0.25, -0.2) is 0 Å². The van der Waals surface area contributed by atoms with Crippen LogP contribution in [0.15, 0.2) is 18.2 Å². The molecule has 0 saturated heterocycles. The molecule has 0 bridgehead atoms. The molecule has 0 aromatic heterocycles. The zero-order valence-corrected chi connectivity index (χ0v) is 10.3. The second-order valence-corrected chi connectivity index (χ2v) is 5.25. The molecule has 1 aliphatic rings. The molecule has 0 aliphatic carbocycles. The quantitative estimate of drug-likeness (QED) is 0.833. The largest absolute Gasteiger partial charge is 0.326 e. The normalized spacial score (nSPS) is 19.5. The molecule has 1 amide bonds. The van der Waals surface area contributed by atoms with Gasteiger partial charge in [-0.1, -0.05) is 31.5 Å². The Labute approximate surface area is 101 Å². The van der Waals surface area contributed by atoms with Crippen LogP contribution in [0.25, 0.3) is 0 Å². The lowest BCUT2D eigenvalue weighted by atomic mass is 9.84. The van der Waals surface area contributed by atoms with Gasteiger partial charge >= 0.3 is 0 Å². The first-order valence-electron chi connectivity index (χ1n) is 5.65. The van der Waals surface area contributed by atoms with Crippen LogP contribution in [0.3, 0.4) is 0 Å². The van der Waals surface area contributed by atoms with E-state index in [-0.39, 0.29) is 5.91 Å². The number of hydrogen-bond donors (Lipinski definition) is 1. The highest BCUT2D eigenvalue weighted by Crippen LogP contribution is 2.37. The molecule has 1 aromatic rings. The van der Waals surface area contributed by atoms with Crippen molar-refractivity contribution in [3.63, 3.8) is 0 Å². The number of rotatable bonds is 2. The molecule has 2 rings (SSSR count). The molecular weight excluding hydrogens is 222 g/mol. The SMILES string of the molecule is CC(C)CC1CC(=O)Nc2cc(Cl)ccc21. The minimum absolute atomic E-state index is 0.0976. The standard InChI is InChI=1S/C13H16ClNO/c1-8(2)5-9-6-13(16)15-12-7-10(14)3-4-11(9)12/h3-4,7-9H,5-6H2,1-2H3,(H,15,16). The van der Waals surface area contributed by atoms with Gasteiger partial charge in [0.15, 0.2) is 0 Å². The summed E-state index contributed by atoms with van der Waals surface area (Å²) in [4.78, 5) is 11.6. The van der Waals surface area contributed by atoms with Gasteiger partial charge in [-0.05, 0) is 36.0 Å². The van der Waals surface area contributed by atoms with Gasteiger partial charge in [0.25, 0.3) is 0 Å². The van der Waals surface area contributed by atoms with E-state index in [9.17, 15) is 4.79 Å². The molecule has 0 radical (unpaired) electrons. The van der Waals surface area contributed by atoms with Crippen LogP contribution in [0.1, 0.15) is 38.2 Å². The Morgan fingerprint density at radius 2 is 2.25 bits per heavy atom. The molecule has 1 heterocycles. The predicted molar refractivity (Wildman–Crippen MR) is 66.9 cm³/mol. The van der Waals surface area contributed by atoms with Crippen molar-refractivity contribution in [1.82, 2.24) is 0 Å². The van der Waals surface area contributed by atoms with E-state index in [0.29, 0.717) is 23.3 Å².